The van der Waals surface area contributed by atoms with Crippen molar-refractivity contribution < 1.29 is 13.5 Å². The van der Waals surface area contributed by atoms with Gasteiger partial charge >= 0.3 is 0 Å². The number of allylic oxidation sites excluding steroid dienone is 2. The molecule has 0 atom stereocenters. The molecule has 0 amide bonds. The van der Waals surface area contributed by atoms with Gasteiger partial charge in [0, 0.05) is 35.3 Å². The Morgan fingerprint density at radius 3 is 2.94 bits per heavy atom. The van der Waals surface area contributed by atoms with Crippen molar-refractivity contribution in [3.63, 3.8) is 0 Å². The van der Waals surface area contributed by atoms with E-state index in [0.29, 0.717) is 11.3 Å². The lowest BCUT2D eigenvalue weighted by atomic mass is 9.96. The Bertz CT molecular complexity index is 1040. The summed E-state index contributed by atoms with van der Waals surface area (Å²) >= 11 is 1.50. The molecule has 32 heavy (non-hydrogen) atoms. The fourth-order valence-corrected chi connectivity index (χ4v) is 3.96. The van der Waals surface area contributed by atoms with Crippen molar-refractivity contribution in [2.45, 2.75) is 50.6 Å². The van der Waals surface area contributed by atoms with Gasteiger partial charge in [-0.05, 0) is 36.5 Å². The van der Waals surface area contributed by atoms with Crippen LogP contribution in [0.15, 0.2) is 46.6 Å². The number of nitrogens with zero attached hydrogens (tertiary/aromatic N) is 4. The van der Waals surface area contributed by atoms with Crippen LogP contribution >= 0.6 is 11.8 Å². The van der Waals surface area contributed by atoms with Crippen LogP contribution in [-0.4, -0.2) is 27.0 Å². The van der Waals surface area contributed by atoms with Crippen molar-refractivity contribution in [3.05, 3.63) is 64.6 Å². The first kappa shape index (κ1) is 23.5. The zero-order valence-electron chi connectivity index (χ0n) is 17.6. The summed E-state index contributed by atoms with van der Waals surface area (Å²) in [6, 6.07) is 2.19. The van der Waals surface area contributed by atoms with E-state index in [1.807, 2.05) is 11.6 Å². The quantitative estimate of drug-likeness (QED) is 0.257. The first-order valence-corrected chi connectivity index (χ1v) is 11.3. The Kier molecular flexibility index (Phi) is 8.87. The Morgan fingerprint density at radius 2 is 2.16 bits per heavy atom. The predicted molar refractivity (Wildman–Crippen MR) is 123 cm³/mol. The molecule has 168 valence electrons. The number of hydrogen-bond donors (Lipinski definition) is 1. The highest BCUT2D eigenvalue weighted by Gasteiger charge is 2.14. The molecule has 0 bridgehead atoms. The van der Waals surface area contributed by atoms with Gasteiger partial charge in [0.05, 0.1) is 11.9 Å². The smallest absolute Gasteiger partial charge is 0.213 e. The third-order valence-corrected chi connectivity index (χ3v) is 5.77. The maximum Gasteiger partial charge on any atom is 0.213 e. The molecule has 0 aromatic carbocycles. The minimum absolute atomic E-state index is 0.0395. The van der Waals surface area contributed by atoms with E-state index in [2.05, 4.69) is 21.2 Å². The molecule has 0 radical (unpaired) electrons. The molecule has 0 aliphatic heterocycles. The fraction of sp³-hybridized carbons (Fsp3) is 0.348. The van der Waals surface area contributed by atoms with Gasteiger partial charge in [-0.3, -0.25) is 4.99 Å². The number of hydrogen-bond acceptors (Lipinski definition) is 6. The highest BCUT2D eigenvalue weighted by atomic mass is 32.2. The first-order valence-electron chi connectivity index (χ1n) is 10.3. The van der Waals surface area contributed by atoms with E-state index >= 15 is 0 Å². The van der Waals surface area contributed by atoms with Crippen molar-refractivity contribution in [1.82, 2.24) is 14.8 Å². The van der Waals surface area contributed by atoms with Crippen molar-refractivity contribution >= 4 is 23.7 Å². The number of nitrogens with two attached hydrogens (primary N) is 1. The normalized spacial score (nSPS) is 15.8. The summed E-state index contributed by atoms with van der Waals surface area (Å²) in [4.78, 5) is 8.27. The molecule has 1 aliphatic carbocycles. The number of terminal acetylenes is 1. The molecular weight excluding hydrogens is 432 g/mol. The molecule has 1 saturated carbocycles. The van der Waals surface area contributed by atoms with E-state index < -0.39 is 11.8 Å². The Labute approximate surface area is 190 Å². The second kappa shape index (κ2) is 12.1. The Balaban J connectivity index is 1.74. The van der Waals surface area contributed by atoms with Crippen molar-refractivity contribution in [2.24, 2.45) is 10.7 Å². The molecule has 1 aliphatic rings. The van der Waals surface area contributed by atoms with Gasteiger partial charge in [-0.15, -0.1) is 11.8 Å². The van der Waals surface area contributed by atoms with Crippen LogP contribution < -0.4 is 5.73 Å². The number of aromatic nitrogens is 3. The summed E-state index contributed by atoms with van der Waals surface area (Å²) in [6.45, 7) is 0.185. The molecule has 1 fully saturated rings. The highest BCUT2D eigenvalue weighted by Crippen LogP contribution is 2.22. The number of pyridine rings is 1. The van der Waals surface area contributed by atoms with E-state index in [1.165, 1.54) is 18.2 Å². The maximum atomic E-state index is 14.2. The van der Waals surface area contributed by atoms with Crippen LogP contribution in [0.4, 0.5) is 8.78 Å². The molecule has 3 rings (SSSR count). The van der Waals surface area contributed by atoms with E-state index in [-0.39, 0.29) is 24.2 Å². The van der Waals surface area contributed by atoms with Gasteiger partial charge < -0.3 is 10.5 Å². The SMILES string of the molecule is C#COCn1cc(CS/C=C/C(C=NC2CCCCC2)=C(/N)c2nc(F)ccc2F)cn1. The van der Waals surface area contributed by atoms with Crippen LogP contribution in [0.5, 0.6) is 0 Å². The molecule has 0 saturated heterocycles. The fourth-order valence-electron chi connectivity index (χ4n) is 3.28. The molecule has 0 spiro atoms. The van der Waals surface area contributed by atoms with E-state index in [9.17, 15) is 8.78 Å². The topological polar surface area (TPSA) is 78.3 Å². The molecule has 0 unspecified atom stereocenters. The molecule has 2 aromatic rings. The maximum absolute atomic E-state index is 14.2. The molecule has 6 nitrogen and oxygen atoms in total. The average molecular weight is 458 g/mol. The van der Waals surface area contributed by atoms with E-state index in [0.717, 1.165) is 43.4 Å². The number of ether oxygens (including phenoxy) is 1. The van der Waals surface area contributed by atoms with Gasteiger partial charge in [0.25, 0.3) is 0 Å². The highest BCUT2D eigenvalue weighted by molar-refractivity contribution is 8.01. The monoisotopic (exact) mass is 457 g/mol. The molecule has 2 aromatic heterocycles. The van der Waals surface area contributed by atoms with Crippen LogP contribution in [0.3, 0.4) is 0 Å². The van der Waals surface area contributed by atoms with Gasteiger partial charge in [-0.25, -0.2) is 14.1 Å². The van der Waals surface area contributed by atoms with Crippen LogP contribution in [-0.2, 0) is 17.2 Å². The molecule has 2 heterocycles. The molecular formula is C23H25F2N5OS. The molecule has 9 heteroatoms. The predicted octanol–water partition coefficient (Wildman–Crippen LogP) is 4.64. The van der Waals surface area contributed by atoms with Gasteiger partial charge in [-0.1, -0.05) is 25.7 Å². The number of rotatable bonds is 9. The number of aliphatic imine (C=N–C) groups is 1. The zero-order valence-corrected chi connectivity index (χ0v) is 18.4. The minimum Gasteiger partial charge on any atom is -0.423 e. The van der Waals surface area contributed by atoms with Gasteiger partial charge in [0.15, 0.2) is 12.5 Å². The Morgan fingerprint density at radius 1 is 1.34 bits per heavy atom. The van der Waals surface area contributed by atoms with Gasteiger partial charge in [0.1, 0.15) is 11.8 Å². The summed E-state index contributed by atoms with van der Waals surface area (Å²) in [5.41, 5.74) is 7.46. The van der Waals surface area contributed by atoms with Crippen molar-refractivity contribution in [3.8, 4) is 12.5 Å². The van der Waals surface area contributed by atoms with Crippen molar-refractivity contribution in [2.75, 3.05) is 0 Å². The summed E-state index contributed by atoms with van der Waals surface area (Å²) in [5.74, 6) is -0.835. The zero-order chi connectivity index (χ0) is 22.8. The van der Waals surface area contributed by atoms with Crippen LogP contribution in [0.25, 0.3) is 5.70 Å². The summed E-state index contributed by atoms with van der Waals surface area (Å²) in [5, 5.41) is 5.99. The van der Waals surface area contributed by atoms with Crippen LogP contribution in [0.2, 0.25) is 0 Å². The van der Waals surface area contributed by atoms with Crippen molar-refractivity contribution in [1.29, 1.82) is 0 Å². The Hall–Kier alpha value is -3.12. The largest absolute Gasteiger partial charge is 0.423 e. The van der Waals surface area contributed by atoms with E-state index in [1.54, 1.807) is 23.2 Å². The third kappa shape index (κ3) is 6.95. The standard InChI is InChI=1S/C23H25F2N5OS/c1-2-31-16-30-14-17(12-28-30)15-32-11-10-18(13-27-19-6-4-3-5-7-19)22(26)23-20(24)8-9-21(25)29-23/h1,8-14,19H,3-7,15-16,26H2/b11-10+,22-18-,27-13?. The summed E-state index contributed by atoms with van der Waals surface area (Å²) in [7, 11) is 0. The van der Waals surface area contributed by atoms with E-state index in [4.69, 9.17) is 16.9 Å². The average Bonchev–Trinajstić information content (AvgIpc) is 3.26. The first-order chi connectivity index (χ1) is 15.6. The van der Waals surface area contributed by atoms with Crippen LogP contribution in [0.1, 0.15) is 43.4 Å². The summed E-state index contributed by atoms with van der Waals surface area (Å²) in [6.07, 6.45) is 19.6. The van der Waals surface area contributed by atoms with Gasteiger partial charge in [0.2, 0.25) is 5.95 Å². The minimum atomic E-state index is -0.794. The van der Waals surface area contributed by atoms with Gasteiger partial charge in [-0.2, -0.15) is 9.49 Å². The second-order valence-corrected chi connectivity index (χ2v) is 8.19. The third-order valence-electron chi connectivity index (χ3n) is 4.94. The number of halogens is 2. The second-order valence-electron chi connectivity index (χ2n) is 7.30. The number of thioether (sulfide) groups is 1. The molecule has 2 N–H and O–H groups in total. The van der Waals surface area contributed by atoms with Crippen LogP contribution in [0, 0.1) is 24.3 Å². The lowest BCUT2D eigenvalue weighted by Gasteiger charge is -2.17. The lowest BCUT2D eigenvalue weighted by molar-refractivity contribution is 0.186. The lowest BCUT2D eigenvalue weighted by Crippen LogP contribution is -2.11. The summed E-state index contributed by atoms with van der Waals surface area (Å²) < 4.78 is 34.3.